The lowest BCUT2D eigenvalue weighted by Gasteiger charge is -2.05. The Balaban J connectivity index is 2.35. The molecule has 0 saturated carbocycles. The summed E-state index contributed by atoms with van der Waals surface area (Å²) in [6, 6.07) is 0.536. The molecule has 0 saturated heterocycles. The van der Waals surface area contributed by atoms with E-state index in [0.717, 1.165) is 13.1 Å². The van der Waals surface area contributed by atoms with Crippen molar-refractivity contribution >= 4 is 0 Å². The van der Waals surface area contributed by atoms with Gasteiger partial charge in [0.05, 0.1) is 6.20 Å². The Morgan fingerprint density at radius 1 is 1.50 bits per heavy atom. The third-order valence-corrected chi connectivity index (χ3v) is 2.14. The van der Waals surface area contributed by atoms with Crippen molar-refractivity contribution < 1.29 is 0 Å². The Morgan fingerprint density at radius 2 is 2.29 bits per heavy atom. The summed E-state index contributed by atoms with van der Waals surface area (Å²) in [5, 5.41) is 7.69. The van der Waals surface area contributed by atoms with Crippen molar-refractivity contribution in [1.29, 1.82) is 0 Å². The van der Waals surface area contributed by atoms with Gasteiger partial charge in [0.25, 0.3) is 0 Å². The van der Waals surface area contributed by atoms with Crippen molar-refractivity contribution in [3.63, 3.8) is 0 Å². The molecule has 0 spiro atoms. The zero-order valence-electron chi connectivity index (χ0n) is 9.45. The number of hydrogen-bond acceptors (Lipinski definition) is 2. The second kappa shape index (κ2) is 5.81. The molecule has 0 bridgehead atoms. The summed E-state index contributed by atoms with van der Waals surface area (Å²) >= 11 is 0. The molecule has 0 atom stereocenters. The Hall–Kier alpha value is -0.830. The number of aryl methyl sites for hydroxylation is 1. The van der Waals surface area contributed by atoms with Crippen molar-refractivity contribution in [2.75, 3.05) is 0 Å². The zero-order valence-corrected chi connectivity index (χ0v) is 9.45. The minimum atomic E-state index is 0.536. The topological polar surface area (TPSA) is 29.9 Å². The minimum absolute atomic E-state index is 0.536. The molecule has 0 aliphatic rings. The van der Waals surface area contributed by atoms with Crippen molar-refractivity contribution in [2.24, 2.45) is 0 Å². The fraction of sp³-hybridized carbons (Fsp3) is 0.727. The molecule has 1 heterocycles. The molecule has 3 heteroatoms. The van der Waals surface area contributed by atoms with Gasteiger partial charge in [0, 0.05) is 30.9 Å². The number of nitrogens with zero attached hydrogens (tertiary/aromatic N) is 2. The number of nitrogens with one attached hydrogen (secondary N) is 1. The van der Waals surface area contributed by atoms with Crippen LogP contribution in [0.2, 0.25) is 0 Å². The summed E-state index contributed by atoms with van der Waals surface area (Å²) in [5.74, 6) is 0. The summed E-state index contributed by atoms with van der Waals surface area (Å²) < 4.78 is 2.03. The summed E-state index contributed by atoms with van der Waals surface area (Å²) in [4.78, 5) is 0. The van der Waals surface area contributed by atoms with Crippen LogP contribution < -0.4 is 5.32 Å². The van der Waals surface area contributed by atoms with Gasteiger partial charge in [-0.05, 0) is 6.42 Å². The molecule has 14 heavy (non-hydrogen) atoms. The number of hydrogen-bond donors (Lipinski definition) is 1. The van der Waals surface area contributed by atoms with E-state index in [-0.39, 0.29) is 0 Å². The fourth-order valence-corrected chi connectivity index (χ4v) is 1.26. The predicted octanol–water partition coefficient (Wildman–Crippen LogP) is 2.18. The van der Waals surface area contributed by atoms with Crippen LogP contribution in [-0.2, 0) is 13.1 Å². The van der Waals surface area contributed by atoms with Crippen LogP contribution in [0.1, 0.15) is 39.2 Å². The third-order valence-electron chi connectivity index (χ3n) is 2.14. The van der Waals surface area contributed by atoms with Crippen molar-refractivity contribution in [3.8, 4) is 0 Å². The van der Waals surface area contributed by atoms with Gasteiger partial charge in [-0.1, -0.05) is 27.2 Å². The lowest BCUT2D eigenvalue weighted by molar-refractivity contribution is 0.567. The first kappa shape index (κ1) is 11.2. The summed E-state index contributed by atoms with van der Waals surface area (Å²) in [6.45, 7) is 8.47. The Morgan fingerprint density at radius 3 is 2.93 bits per heavy atom. The number of rotatable bonds is 6. The van der Waals surface area contributed by atoms with E-state index in [1.165, 1.54) is 18.4 Å². The van der Waals surface area contributed by atoms with E-state index < -0.39 is 0 Å². The van der Waals surface area contributed by atoms with Crippen LogP contribution in [0.15, 0.2) is 12.4 Å². The minimum Gasteiger partial charge on any atom is -0.310 e. The average Bonchev–Trinajstić information content (AvgIpc) is 2.59. The molecular weight excluding hydrogens is 174 g/mol. The smallest absolute Gasteiger partial charge is 0.0534 e. The maximum absolute atomic E-state index is 4.31. The standard InChI is InChI=1S/C11H21N3/c1-4-5-6-14-9-11(8-13-14)7-12-10(2)3/h8-10,12H,4-7H2,1-3H3. The highest BCUT2D eigenvalue weighted by atomic mass is 15.3. The highest BCUT2D eigenvalue weighted by Crippen LogP contribution is 2.00. The van der Waals surface area contributed by atoms with E-state index in [2.05, 4.69) is 37.4 Å². The normalized spacial score (nSPS) is 11.1. The van der Waals surface area contributed by atoms with Gasteiger partial charge in [-0.2, -0.15) is 5.10 Å². The molecule has 80 valence electrons. The molecule has 1 N–H and O–H groups in total. The first-order valence-electron chi connectivity index (χ1n) is 5.47. The molecule has 0 aliphatic carbocycles. The summed E-state index contributed by atoms with van der Waals surface area (Å²) in [7, 11) is 0. The van der Waals surface area contributed by atoms with Crippen molar-refractivity contribution in [2.45, 2.75) is 52.7 Å². The van der Waals surface area contributed by atoms with Gasteiger partial charge in [-0.25, -0.2) is 0 Å². The highest BCUT2D eigenvalue weighted by Gasteiger charge is 1.98. The largest absolute Gasteiger partial charge is 0.310 e. The molecule has 0 radical (unpaired) electrons. The molecule has 0 unspecified atom stereocenters. The second-order valence-corrected chi connectivity index (χ2v) is 4.00. The Kier molecular flexibility index (Phi) is 4.66. The van der Waals surface area contributed by atoms with Gasteiger partial charge >= 0.3 is 0 Å². The van der Waals surface area contributed by atoms with E-state index in [9.17, 15) is 0 Å². The van der Waals surface area contributed by atoms with Gasteiger partial charge in [-0.15, -0.1) is 0 Å². The monoisotopic (exact) mass is 195 g/mol. The highest BCUT2D eigenvalue weighted by molar-refractivity contribution is 5.03. The molecule has 3 nitrogen and oxygen atoms in total. The maximum atomic E-state index is 4.31. The van der Waals surface area contributed by atoms with Crippen LogP contribution in [0.5, 0.6) is 0 Å². The van der Waals surface area contributed by atoms with Crippen LogP contribution >= 0.6 is 0 Å². The van der Waals surface area contributed by atoms with Crippen LogP contribution in [0, 0.1) is 0 Å². The van der Waals surface area contributed by atoms with E-state index >= 15 is 0 Å². The van der Waals surface area contributed by atoms with Gasteiger partial charge in [-0.3, -0.25) is 4.68 Å². The zero-order chi connectivity index (χ0) is 10.4. The molecule has 1 rings (SSSR count). The van der Waals surface area contributed by atoms with Gasteiger partial charge in [0.1, 0.15) is 0 Å². The second-order valence-electron chi connectivity index (χ2n) is 4.00. The molecule has 0 amide bonds. The van der Waals surface area contributed by atoms with E-state index in [1.807, 2.05) is 10.9 Å². The van der Waals surface area contributed by atoms with E-state index in [1.54, 1.807) is 0 Å². The van der Waals surface area contributed by atoms with Crippen molar-refractivity contribution in [3.05, 3.63) is 18.0 Å². The summed E-state index contributed by atoms with van der Waals surface area (Å²) in [5.41, 5.74) is 1.27. The average molecular weight is 195 g/mol. The number of unbranched alkanes of at least 4 members (excludes halogenated alkanes) is 1. The van der Waals surface area contributed by atoms with E-state index in [4.69, 9.17) is 0 Å². The lowest BCUT2D eigenvalue weighted by Crippen LogP contribution is -2.21. The van der Waals surface area contributed by atoms with E-state index in [0.29, 0.717) is 6.04 Å². The predicted molar refractivity (Wildman–Crippen MR) is 59.1 cm³/mol. The molecule has 0 aliphatic heterocycles. The maximum Gasteiger partial charge on any atom is 0.0534 e. The quantitative estimate of drug-likeness (QED) is 0.754. The van der Waals surface area contributed by atoms with Gasteiger partial charge in [0.15, 0.2) is 0 Å². The molecule has 1 aromatic heterocycles. The van der Waals surface area contributed by atoms with Crippen LogP contribution in [-0.4, -0.2) is 15.8 Å². The van der Waals surface area contributed by atoms with Crippen molar-refractivity contribution in [1.82, 2.24) is 15.1 Å². The molecule has 0 aromatic carbocycles. The van der Waals surface area contributed by atoms with Crippen LogP contribution in [0.4, 0.5) is 0 Å². The van der Waals surface area contributed by atoms with Crippen LogP contribution in [0.3, 0.4) is 0 Å². The Labute approximate surface area is 86.5 Å². The first-order chi connectivity index (χ1) is 6.72. The SMILES string of the molecule is CCCCn1cc(CNC(C)C)cn1. The molecular formula is C11H21N3. The number of aromatic nitrogens is 2. The van der Waals surface area contributed by atoms with Gasteiger partial charge < -0.3 is 5.32 Å². The summed E-state index contributed by atoms with van der Waals surface area (Å²) in [6.07, 6.45) is 6.51. The van der Waals surface area contributed by atoms with Gasteiger partial charge in [0.2, 0.25) is 0 Å². The first-order valence-corrected chi connectivity index (χ1v) is 5.47. The van der Waals surface area contributed by atoms with Crippen LogP contribution in [0.25, 0.3) is 0 Å². The Bertz CT molecular complexity index is 253. The lowest BCUT2D eigenvalue weighted by atomic mass is 10.3. The third kappa shape index (κ3) is 3.92. The molecule has 1 aromatic rings. The fourth-order valence-electron chi connectivity index (χ4n) is 1.26. The molecule has 0 fully saturated rings.